The highest BCUT2D eigenvalue weighted by Crippen LogP contribution is 2.09. The Morgan fingerprint density at radius 3 is 2.35 bits per heavy atom. The quantitative estimate of drug-likeness (QED) is 0.721. The van der Waals surface area contributed by atoms with Gasteiger partial charge in [-0.3, -0.25) is 0 Å². The molecule has 0 heterocycles. The summed E-state index contributed by atoms with van der Waals surface area (Å²) in [7, 11) is 0. The van der Waals surface area contributed by atoms with Gasteiger partial charge in [-0.05, 0) is 49.7 Å². The minimum atomic E-state index is 0.741. The zero-order valence-electron chi connectivity index (χ0n) is 10.8. The minimum Gasteiger partial charge on any atom is -0.316 e. The molecule has 1 aromatic carbocycles. The van der Waals surface area contributed by atoms with Gasteiger partial charge in [-0.15, -0.1) is 0 Å². The summed E-state index contributed by atoms with van der Waals surface area (Å²) in [5.41, 5.74) is 1.34. The van der Waals surface area contributed by atoms with Crippen molar-refractivity contribution in [3.8, 4) is 0 Å². The highest BCUT2D eigenvalue weighted by Gasteiger charge is 1.94. The Labute approximate surface area is 113 Å². The molecule has 2 nitrogen and oxygen atoms in total. The van der Waals surface area contributed by atoms with Crippen LogP contribution in [0.1, 0.15) is 25.8 Å². The third-order valence-electron chi connectivity index (χ3n) is 2.50. The monoisotopic (exact) mass is 298 g/mol. The summed E-state index contributed by atoms with van der Waals surface area (Å²) in [6.07, 6.45) is 1.18. The first-order chi connectivity index (χ1) is 8.18. The molecule has 0 aliphatic rings. The largest absolute Gasteiger partial charge is 0.316 e. The van der Waals surface area contributed by atoms with E-state index in [0.717, 1.165) is 36.6 Å². The van der Waals surface area contributed by atoms with Crippen molar-refractivity contribution >= 4 is 15.9 Å². The van der Waals surface area contributed by atoms with Crippen molar-refractivity contribution in [1.82, 2.24) is 10.6 Å². The van der Waals surface area contributed by atoms with Crippen LogP contribution in [0.4, 0.5) is 0 Å². The van der Waals surface area contributed by atoms with E-state index in [4.69, 9.17) is 0 Å². The van der Waals surface area contributed by atoms with Crippen molar-refractivity contribution in [2.45, 2.75) is 26.8 Å². The Hall–Kier alpha value is -0.380. The predicted octanol–water partition coefficient (Wildman–Crippen LogP) is 3.17. The van der Waals surface area contributed by atoms with E-state index in [2.05, 4.69) is 64.7 Å². The molecule has 0 fully saturated rings. The molecule has 17 heavy (non-hydrogen) atoms. The highest BCUT2D eigenvalue weighted by atomic mass is 79.9. The molecule has 0 amide bonds. The van der Waals surface area contributed by atoms with Gasteiger partial charge < -0.3 is 10.6 Å². The molecule has 0 unspecified atom stereocenters. The third-order valence-corrected chi connectivity index (χ3v) is 3.03. The van der Waals surface area contributed by atoms with E-state index in [9.17, 15) is 0 Å². The second-order valence-corrected chi connectivity index (χ2v) is 5.67. The lowest BCUT2D eigenvalue weighted by molar-refractivity contribution is 0.530. The molecular formula is C14H23BrN2. The molecule has 0 aliphatic carbocycles. The molecule has 0 bridgehead atoms. The van der Waals surface area contributed by atoms with E-state index in [1.54, 1.807) is 0 Å². The summed E-state index contributed by atoms with van der Waals surface area (Å²) in [6, 6.07) is 8.46. The molecule has 96 valence electrons. The van der Waals surface area contributed by atoms with Crippen molar-refractivity contribution in [1.29, 1.82) is 0 Å². The molecule has 0 atom stereocenters. The van der Waals surface area contributed by atoms with Crippen LogP contribution in [-0.4, -0.2) is 19.6 Å². The fraction of sp³-hybridized carbons (Fsp3) is 0.571. The first-order valence-electron chi connectivity index (χ1n) is 6.34. The molecule has 0 saturated heterocycles. The Morgan fingerprint density at radius 1 is 1.06 bits per heavy atom. The van der Waals surface area contributed by atoms with E-state index >= 15 is 0 Å². The van der Waals surface area contributed by atoms with Crippen LogP contribution in [-0.2, 0) is 6.54 Å². The number of benzene rings is 1. The van der Waals surface area contributed by atoms with Crippen LogP contribution in [0, 0.1) is 5.92 Å². The average Bonchev–Trinajstić information content (AvgIpc) is 2.30. The smallest absolute Gasteiger partial charge is 0.0205 e. The minimum absolute atomic E-state index is 0.741. The number of hydrogen-bond donors (Lipinski definition) is 2. The highest BCUT2D eigenvalue weighted by molar-refractivity contribution is 9.10. The average molecular weight is 299 g/mol. The second-order valence-electron chi connectivity index (χ2n) is 4.75. The predicted molar refractivity (Wildman–Crippen MR) is 78.2 cm³/mol. The zero-order chi connectivity index (χ0) is 12.5. The van der Waals surface area contributed by atoms with Gasteiger partial charge >= 0.3 is 0 Å². The van der Waals surface area contributed by atoms with E-state index < -0.39 is 0 Å². The molecule has 0 radical (unpaired) electrons. The standard InChI is InChI=1S/C14H23BrN2/c1-12(2)10-16-8-3-9-17-11-13-4-6-14(15)7-5-13/h4-7,12,16-17H,3,8-11H2,1-2H3. The molecule has 0 saturated carbocycles. The van der Waals surface area contributed by atoms with Gasteiger partial charge in [0.1, 0.15) is 0 Å². The Morgan fingerprint density at radius 2 is 1.71 bits per heavy atom. The lowest BCUT2D eigenvalue weighted by atomic mass is 10.2. The summed E-state index contributed by atoms with van der Waals surface area (Å²) in [5.74, 6) is 0.741. The van der Waals surface area contributed by atoms with E-state index in [-0.39, 0.29) is 0 Å². The van der Waals surface area contributed by atoms with Crippen LogP contribution < -0.4 is 10.6 Å². The molecule has 0 aromatic heterocycles. The number of rotatable bonds is 8. The molecule has 1 rings (SSSR count). The van der Waals surface area contributed by atoms with Crippen LogP contribution >= 0.6 is 15.9 Å². The van der Waals surface area contributed by atoms with Crippen molar-refractivity contribution in [3.63, 3.8) is 0 Å². The van der Waals surface area contributed by atoms with E-state index in [0.29, 0.717) is 0 Å². The first kappa shape index (κ1) is 14.7. The summed E-state index contributed by atoms with van der Waals surface area (Å²) in [5, 5.41) is 6.90. The molecule has 3 heteroatoms. The Balaban J connectivity index is 1.99. The Bertz CT molecular complexity index is 296. The van der Waals surface area contributed by atoms with Crippen LogP contribution in [0.5, 0.6) is 0 Å². The Kier molecular flexibility index (Phi) is 7.49. The van der Waals surface area contributed by atoms with Crippen molar-refractivity contribution < 1.29 is 0 Å². The van der Waals surface area contributed by atoms with Crippen molar-refractivity contribution in [2.75, 3.05) is 19.6 Å². The zero-order valence-corrected chi connectivity index (χ0v) is 12.4. The number of halogens is 1. The van der Waals surface area contributed by atoms with Gasteiger partial charge in [0.2, 0.25) is 0 Å². The summed E-state index contributed by atoms with van der Waals surface area (Å²) >= 11 is 3.44. The topological polar surface area (TPSA) is 24.1 Å². The summed E-state index contributed by atoms with van der Waals surface area (Å²) in [4.78, 5) is 0. The van der Waals surface area contributed by atoms with Gasteiger partial charge in [-0.1, -0.05) is 41.9 Å². The van der Waals surface area contributed by atoms with Crippen LogP contribution in [0.15, 0.2) is 28.7 Å². The van der Waals surface area contributed by atoms with Gasteiger partial charge in [-0.25, -0.2) is 0 Å². The van der Waals surface area contributed by atoms with Crippen molar-refractivity contribution in [2.24, 2.45) is 5.92 Å². The third kappa shape index (κ3) is 7.53. The van der Waals surface area contributed by atoms with Gasteiger partial charge in [0, 0.05) is 11.0 Å². The van der Waals surface area contributed by atoms with Gasteiger partial charge in [0.25, 0.3) is 0 Å². The maximum absolute atomic E-state index is 3.45. The molecular weight excluding hydrogens is 276 g/mol. The summed E-state index contributed by atoms with van der Waals surface area (Å²) in [6.45, 7) is 8.72. The van der Waals surface area contributed by atoms with Crippen LogP contribution in [0.3, 0.4) is 0 Å². The lowest BCUT2D eigenvalue weighted by Crippen LogP contribution is -2.24. The number of nitrogens with one attached hydrogen (secondary N) is 2. The normalized spacial score (nSPS) is 11.1. The molecule has 1 aromatic rings. The number of hydrogen-bond acceptors (Lipinski definition) is 2. The van der Waals surface area contributed by atoms with Crippen LogP contribution in [0.2, 0.25) is 0 Å². The van der Waals surface area contributed by atoms with Gasteiger partial charge in [-0.2, -0.15) is 0 Å². The van der Waals surface area contributed by atoms with Gasteiger partial charge in [0.15, 0.2) is 0 Å². The molecule has 0 spiro atoms. The van der Waals surface area contributed by atoms with Crippen molar-refractivity contribution in [3.05, 3.63) is 34.3 Å². The SMILES string of the molecule is CC(C)CNCCCNCc1ccc(Br)cc1. The molecule has 0 aliphatic heterocycles. The van der Waals surface area contributed by atoms with E-state index in [1.165, 1.54) is 12.0 Å². The molecule has 2 N–H and O–H groups in total. The second kappa shape index (κ2) is 8.67. The van der Waals surface area contributed by atoms with Crippen LogP contribution in [0.25, 0.3) is 0 Å². The first-order valence-corrected chi connectivity index (χ1v) is 7.13. The maximum Gasteiger partial charge on any atom is 0.0205 e. The van der Waals surface area contributed by atoms with Gasteiger partial charge in [0.05, 0.1) is 0 Å². The van der Waals surface area contributed by atoms with E-state index in [1.807, 2.05) is 0 Å². The maximum atomic E-state index is 3.45. The fourth-order valence-corrected chi connectivity index (χ4v) is 1.83. The lowest BCUT2D eigenvalue weighted by Gasteiger charge is -2.08. The fourth-order valence-electron chi connectivity index (χ4n) is 1.56. The summed E-state index contributed by atoms with van der Waals surface area (Å²) < 4.78 is 1.14.